The van der Waals surface area contributed by atoms with Crippen molar-refractivity contribution in [3.63, 3.8) is 0 Å². The molecule has 1 saturated heterocycles. The summed E-state index contributed by atoms with van der Waals surface area (Å²) in [5.41, 5.74) is 0.896. The van der Waals surface area contributed by atoms with Crippen LogP contribution in [-0.2, 0) is 16.1 Å². The molecule has 144 valence electrons. The number of thioether (sulfide) groups is 1. The minimum atomic E-state index is -0.293. The van der Waals surface area contributed by atoms with E-state index in [0.29, 0.717) is 28.2 Å². The van der Waals surface area contributed by atoms with Crippen molar-refractivity contribution in [2.24, 2.45) is 0 Å². The maximum Gasteiger partial charge on any atom is 0.319 e. The molecular weight excluding hydrogens is 398 g/mol. The number of halogens is 1. The number of rotatable bonds is 6. The Balaban J connectivity index is 1.62. The molecule has 0 saturated carbocycles. The van der Waals surface area contributed by atoms with Crippen LogP contribution in [0.15, 0.2) is 59.8 Å². The van der Waals surface area contributed by atoms with Crippen LogP contribution in [-0.4, -0.2) is 32.1 Å². The van der Waals surface area contributed by atoms with Gasteiger partial charge in [0.2, 0.25) is 0 Å². The van der Waals surface area contributed by atoms with Gasteiger partial charge in [-0.2, -0.15) is 0 Å². The lowest BCUT2D eigenvalue weighted by Gasteiger charge is -2.12. The highest BCUT2D eigenvalue weighted by Gasteiger charge is 2.34. The standard InChI is InChI=1S/C20H18ClN3O3S/c1-13-11-17(19(25)27-13)28-20-23-22-18(24(20)14-7-3-2-4-8-14)12-26-16-10-6-5-9-15(16)21/h2-10,13,17H,11-12H2,1H3/t13-,17+/m1/s1. The minimum absolute atomic E-state index is 0.0823. The fourth-order valence-electron chi connectivity index (χ4n) is 2.95. The first-order valence-corrected chi connectivity index (χ1v) is 10.1. The summed E-state index contributed by atoms with van der Waals surface area (Å²) >= 11 is 7.54. The van der Waals surface area contributed by atoms with Gasteiger partial charge in [-0.05, 0) is 31.2 Å². The lowest BCUT2D eigenvalue weighted by Crippen LogP contribution is -2.12. The van der Waals surface area contributed by atoms with Crippen molar-refractivity contribution in [1.29, 1.82) is 0 Å². The van der Waals surface area contributed by atoms with Gasteiger partial charge in [0.05, 0.1) is 5.02 Å². The maximum absolute atomic E-state index is 12.1. The highest BCUT2D eigenvalue weighted by Crippen LogP contribution is 2.33. The smallest absolute Gasteiger partial charge is 0.319 e. The van der Waals surface area contributed by atoms with Crippen molar-refractivity contribution in [2.45, 2.75) is 36.5 Å². The molecule has 3 aromatic rings. The van der Waals surface area contributed by atoms with E-state index in [9.17, 15) is 4.79 Å². The van der Waals surface area contributed by atoms with Crippen molar-refractivity contribution in [3.8, 4) is 11.4 Å². The molecule has 1 aromatic heterocycles. The van der Waals surface area contributed by atoms with E-state index in [1.54, 1.807) is 12.1 Å². The number of carbonyl (C=O) groups excluding carboxylic acids is 1. The average Bonchev–Trinajstić information content (AvgIpc) is 3.24. The fraction of sp³-hybridized carbons (Fsp3) is 0.250. The average molecular weight is 416 g/mol. The molecule has 0 spiro atoms. The molecule has 0 bridgehead atoms. The molecule has 1 aliphatic heterocycles. The van der Waals surface area contributed by atoms with Crippen LogP contribution in [0.5, 0.6) is 5.75 Å². The molecule has 0 unspecified atom stereocenters. The first-order valence-electron chi connectivity index (χ1n) is 8.86. The summed E-state index contributed by atoms with van der Waals surface area (Å²) in [6.45, 7) is 2.08. The van der Waals surface area contributed by atoms with Gasteiger partial charge >= 0.3 is 5.97 Å². The molecular formula is C20H18ClN3O3S. The first-order chi connectivity index (χ1) is 13.6. The number of nitrogens with zero attached hydrogens (tertiary/aromatic N) is 3. The third-order valence-electron chi connectivity index (χ3n) is 4.28. The Kier molecular flexibility index (Phi) is 5.54. The number of aromatic nitrogens is 3. The maximum atomic E-state index is 12.1. The van der Waals surface area contributed by atoms with Gasteiger partial charge < -0.3 is 9.47 Å². The van der Waals surface area contributed by atoms with Gasteiger partial charge in [0.15, 0.2) is 11.0 Å². The largest absolute Gasteiger partial charge is 0.484 e. The zero-order chi connectivity index (χ0) is 19.5. The van der Waals surface area contributed by atoms with Crippen LogP contribution in [0.2, 0.25) is 5.02 Å². The highest BCUT2D eigenvalue weighted by molar-refractivity contribution is 8.00. The molecule has 0 amide bonds. The monoisotopic (exact) mass is 415 g/mol. The number of carbonyl (C=O) groups is 1. The van der Waals surface area contributed by atoms with E-state index in [4.69, 9.17) is 21.1 Å². The van der Waals surface area contributed by atoms with Gasteiger partial charge in [-0.25, -0.2) is 0 Å². The quantitative estimate of drug-likeness (QED) is 0.559. The normalized spacial score (nSPS) is 18.9. The molecule has 2 heterocycles. The number of para-hydroxylation sites is 2. The molecule has 0 aliphatic carbocycles. The molecule has 2 atom stereocenters. The van der Waals surface area contributed by atoms with Crippen LogP contribution in [0.1, 0.15) is 19.2 Å². The summed E-state index contributed by atoms with van der Waals surface area (Å²) in [5, 5.41) is 9.47. The number of ether oxygens (including phenoxy) is 2. The minimum Gasteiger partial charge on any atom is -0.484 e. The van der Waals surface area contributed by atoms with Crippen LogP contribution >= 0.6 is 23.4 Å². The number of hydrogen-bond donors (Lipinski definition) is 0. The zero-order valence-electron chi connectivity index (χ0n) is 15.1. The summed E-state index contributed by atoms with van der Waals surface area (Å²) in [4.78, 5) is 12.1. The Hall–Kier alpha value is -2.51. The summed E-state index contributed by atoms with van der Waals surface area (Å²) in [6.07, 6.45) is 0.567. The predicted molar refractivity (Wildman–Crippen MR) is 107 cm³/mol. The van der Waals surface area contributed by atoms with E-state index >= 15 is 0 Å². The highest BCUT2D eigenvalue weighted by atomic mass is 35.5. The Morgan fingerprint density at radius 1 is 1.18 bits per heavy atom. The molecule has 8 heteroatoms. The van der Waals surface area contributed by atoms with E-state index in [1.807, 2.05) is 54.0 Å². The van der Waals surface area contributed by atoms with E-state index in [-0.39, 0.29) is 23.9 Å². The number of benzene rings is 2. The Morgan fingerprint density at radius 3 is 2.64 bits per heavy atom. The molecule has 0 N–H and O–H groups in total. The van der Waals surface area contributed by atoms with Gasteiger partial charge in [-0.3, -0.25) is 9.36 Å². The molecule has 28 heavy (non-hydrogen) atoms. The second kappa shape index (κ2) is 8.24. The second-order valence-corrected chi connectivity index (χ2v) is 7.96. The van der Waals surface area contributed by atoms with Gasteiger partial charge in [0.1, 0.15) is 23.7 Å². The predicted octanol–water partition coefficient (Wildman–Crippen LogP) is 4.30. The van der Waals surface area contributed by atoms with Gasteiger partial charge in [-0.1, -0.05) is 53.7 Å². The number of hydrogen-bond acceptors (Lipinski definition) is 6. The summed E-state index contributed by atoms with van der Waals surface area (Å²) < 4.78 is 13.0. The van der Waals surface area contributed by atoms with Crippen molar-refractivity contribution < 1.29 is 14.3 Å². The van der Waals surface area contributed by atoms with Crippen LogP contribution in [0.25, 0.3) is 5.69 Å². The van der Waals surface area contributed by atoms with Crippen molar-refractivity contribution in [2.75, 3.05) is 0 Å². The summed E-state index contributed by atoms with van der Waals surface area (Å²) in [6, 6.07) is 17.0. The zero-order valence-corrected chi connectivity index (χ0v) is 16.7. The van der Waals surface area contributed by atoms with Crippen molar-refractivity contribution in [1.82, 2.24) is 14.8 Å². The Labute approximate surface area is 171 Å². The van der Waals surface area contributed by atoms with Crippen LogP contribution < -0.4 is 4.74 Å². The topological polar surface area (TPSA) is 66.2 Å². The van der Waals surface area contributed by atoms with Gasteiger partial charge in [-0.15, -0.1) is 10.2 Å². The van der Waals surface area contributed by atoms with E-state index in [1.165, 1.54) is 11.8 Å². The fourth-order valence-corrected chi connectivity index (χ4v) is 4.32. The SMILES string of the molecule is C[C@@H]1C[C@H](Sc2nnc(COc3ccccc3Cl)n2-c2ccccc2)C(=O)O1. The Bertz CT molecular complexity index is 980. The first kappa shape index (κ1) is 18.8. The summed E-state index contributed by atoms with van der Waals surface area (Å²) in [7, 11) is 0. The lowest BCUT2D eigenvalue weighted by atomic mass is 10.3. The van der Waals surface area contributed by atoms with E-state index < -0.39 is 0 Å². The van der Waals surface area contributed by atoms with Crippen LogP contribution in [0.4, 0.5) is 0 Å². The van der Waals surface area contributed by atoms with E-state index in [2.05, 4.69) is 10.2 Å². The molecule has 1 aliphatic rings. The Morgan fingerprint density at radius 2 is 1.93 bits per heavy atom. The van der Waals surface area contributed by atoms with Crippen LogP contribution in [0.3, 0.4) is 0 Å². The molecule has 1 fully saturated rings. The third kappa shape index (κ3) is 4.00. The van der Waals surface area contributed by atoms with Crippen molar-refractivity contribution in [3.05, 3.63) is 65.4 Å². The number of cyclic esters (lactones) is 1. The second-order valence-electron chi connectivity index (χ2n) is 6.38. The van der Waals surface area contributed by atoms with E-state index in [0.717, 1.165) is 5.69 Å². The van der Waals surface area contributed by atoms with Gasteiger partial charge in [0.25, 0.3) is 0 Å². The molecule has 4 rings (SSSR count). The molecule has 6 nitrogen and oxygen atoms in total. The number of esters is 1. The molecule has 2 aromatic carbocycles. The molecule has 0 radical (unpaired) electrons. The van der Waals surface area contributed by atoms with Gasteiger partial charge in [0, 0.05) is 12.1 Å². The van der Waals surface area contributed by atoms with Crippen molar-refractivity contribution >= 4 is 29.3 Å². The lowest BCUT2D eigenvalue weighted by molar-refractivity contribution is -0.140. The van der Waals surface area contributed by atoms with Crippen LogP contribution in [0, 0.1) is 0 Å². The summed E-state index contributed by atoms with van der Waals surface area (Å²) in [5.74, 6) is 0.983. The third-order valence-corrected chi connectivity index (χ3v) is 5.74.